The first-order valence-electron chi connectivity index (χ1n) is 6.77. The summed E-state index contributed by atoms with van der Waals surface area (Å²) in [4.78, 5) is 13.0. The molecule has 0 aliphatic carbocycles. The van der Waals surface area contributed by atoms with E-state index in [0.29, 0.717) is 6.07 Å². The number of hydrogen-bond donors (Lipinski definition) is 1. The Hall–Kier alpha value is -2.60. The second-order valence-electron chi connectivity index (χ2n) is 5.15. The Kier molecular flexibility index (Phi) is 5.01. The predicted octanol–water partition coefficient (Wildman–Crippen LogP) is 4.88. The zero-order chi connectivity index (χ0) is 20.8. The highest BCUT2D eigenvalue weighted by molar-refractivity contribution is 6.13. The van der Waals surface area contributed by atoms with Gasteiger partial charge in [0.15, 0.2) is 6.61 Å². The molecule has 1 N–H and O–H groups in total. The fourth-order valence-electron chi connectivity index (χ4n) is 2.22. The van der Waals surface area contributed by atoms with Gasteiger partial charge < -0.3 is 14.5 Å². The highest BCUT2D eigenvalue weighted by Gasteiger charge is 2.47. The molecule has 0 saturated heterocycles. The van der Waals surface area contributed by atoms with Crippen LogP contribution in [0.5, 0.6) is 11.5 Å². The minimum atomic E-state index is -5.66. The van der Waals surface area contributed by atoms with Crippen LogP contribution in [-0.2, 0) is 6.18 Å². The summed E-state index contributed by atoms with van der Waals surface area (Å²) in [6.45, 7) is -1.93. The van der Waals surface area contributed by atoms with Crippen LogP contribution in [0.3, 0.4) is 0 Å². The molecule has 4 nitrogen and oxygen atoms in total. The average molecular weight is 409 g/mol. The van der Waals surface area contributed by atoms with Gasteiger partial charge in [-0.25, -0.2) is 0 Å². The largest absolute Gasteiger partial charge is 0.497 e. The van der Waals surface area contributed by atoms with Crippen molar-refractivity contribution in [2.24, 2.45) is 0 Å². The minimum absolute atomic E-state index is 0.413. The molecule has 27 heavy (non-hydrogen) atoms. The lowest BCUT2D eigenvalue weighted by molar-refractivity contribution is -0.153. The van der Waals surface area contributed by atoms with Crippen LogP contribution in [0.2, 0.25) is 0 Å². The molecule has 0 radical (unpaired) electrons. The third kappa shape index (κ3) is 4.39. The van der Waals surface area contributed by atoms with Crippen molar-refractivity contribution in [3.8, 4) is 11.5 Å². The highest BCUT2D eigenvalue weighted by atomic mass is 19.4. The number of aromatic nitrogens is 1. The summed E-state index contributed by atoms with van der Waals surface area (Å²) in [5, 5.41) is -0.943. The first kappa shape index (κ1) is 20.7. The van der Waals surface area contributed by atoms with Crippen LogP contribution in [-0.4, -0.2) is 36.8 Å². The van der Waals surface area contributed by atoms with E-state index in [-0.39, 0.29) is 0 Å². The van der Waals surface area contributed by atoms with Crippen molar-refractivity contribution in [3.05, 3.63) is 23.4 Å². The number of ether oxygens (including phenoxy) is 2. The van der Waals surface area contributed by atoms with Gasteiger partial charge in [-0.05, 0) is 6.07 Å². The molecular weight excluding hydrogens is 401 g/mol. The maximum atomic E-state index is 13.1. The predicted molar refractivity (Wildman–Crippen MR) is 71.8 cm³/mol. The molecular formula is C14H8F9NO3. The summed E-state index contributed by atoms with van der Waals surface area (Å²) < 4.78 is 124. The molecule has 2 aromatic rings. The van der Waals surface area contributed by atoms with E-state index in [0.717, 1.165) is 13.2 Å². The van der Waals surface area contributed by atoms with Crippen molar-refractivity contribution in [2.45, 2.75) is 18.5 Å². The van der Waals surface area contributed by atoms with Crippen molar-refractivity contribution in [1.82, 2.24) is 4.98 Å². The van der Waals surface area contributed by atoms with Gasteiger partial charge in [-0.1, -0.05) is 0 Å². The van der Waals surface area contributed by atoms with Crippen LogP contribution in [0.1, 0.15) is 16.1 Å². The molecule has 0 aliphatic rings. The number of fused-ring (bicyclic) bond motifs is 1. The van der Waals surface area contributed by atoms with Gasteiger partial charge in [-0.2, -0.15) is 39.5 Å². The Labute approximate surface area is 143 Å². The number of ketones is 1. The number of benzene rings is 1. The van der Waals surface area contributed by atoms with E-state index in [2.05, 4.69) is 9.47 Å². The number of Topliss-reactive ketones (excluding diaryl/α,β-unsaturated/α-hetero) is 1. The molecule has 1 heterocycles. The second kappa shape index (κ2) is 6.53. The average Bonchev–Trinajstić information content (AvgIpc) is 2.89. The smallest absolute Gasteiger partial charge is 0.454 e. The summed E-state index contributed by atoms with van der Waals surface area (Å²) in [6, 6.07) is 1.40. The van der Waals surface area contributed by atoms with Crippen LogP contribution in [0, 0.1) is 0 Å². The monoisotopic (exact) mass is 409 g/mol. The SMILES string of the molecule is COc1cc(OCC(F)(F)F)c2[nH]c(C(F)(F)F)c(C(=O)C(F)(F)F)c2c1. The molecule has 0 spiro atoms. The normalized spacial score (nSPS) is 13.1. The molecule has 0 fully saturated rings. The van der Waals surface area contributed by atoms with E-state index >= 15 is 0 Å². The fourth-order valence-corrected chi connectivity index (χ4v) is 2.22. The van der Waals surface area contributed by atoms with Gasteiger partial charge in [0.25, 0.3) is 5.78 Å². The van der Waals surface area contributed by atoms with Crippen molar-refractivity contribution < 1.29 is 53.8 Å². The lowest BCUT2D eigenvalue weighted by Crippen LogP contribution is -2.25. The van der Waals surface area contributed by atoms with Gasteiger partial charge in [0.1, 0.15) is 17.2 Å². The second-order valence-corrected chi connectivity index (χ2v) is 5.15. The Balaban J connectivity index is 2.80. The molecule has 13 heteroatoms. The summed E-state index contributed by atoms with van der Waals surface area (Å²) in [7, 11) is 0.970. The van der Waals surface area contributed by atoms with Crippen LogP contribution in [0.15, 0.2) is 12.1 Å². The topological polar surface area (TPSA) is 51.3 Å². The van der Waals surface area contributed by atoms with E-state index in [9.17, 15) is 44.3 Å². The number of alkyl halides is 9. The number of carbonyl (C=O) groups is 1. The maximum absolute atomic E-state index is 13.1. The van der Waals surface area contributed by atoms with Gasteiger partial charge in [0.05, 0.1) is 18.2 Å². The van der Waals surface area contributed by atoms with E-state index in [1.807, 2.05) is 0 Å². The van der Waals surface area contributed by atoms with E-state index in [1.54, 1.807) is 0 Å². The van der Waals surface area contributed by atoms with Crippen molar-refractivity contribution in [2.75, 3.05) is 13.7 Å². The van der Waals surface area contributed by atoms with Crippen molar-refractivity contribution >= 4 is 16.7 Å². The molecule has 0 atom stereocenters. The number of nitrogens with one attached hydrogen (secondary N) is 1. The number of halogens is 9. The van der Waals surface area contributed by atoms with E-state index < -0.39 is 64.6 Å². The standard InChI is InChI=1S/C14H8F9NO3/c1-26-5-2-6-8(11(25)14(21,22)23)10(13(18,19)20)24-9(6)7(3-5)27-4-12(15,16)17/h2-3,24H,4H2,1H3. The summed E-state index contributed by atoms with van der Waals surface area (Å²) in [5.74, 6) is -4.10. The van der Waals surface area contributed by atoms with E-state index in [4.69, 9.17) is 0 Å². The molecule has 0 unspecified atom stereocenters. The highest BCUT2D eigenvalue weighted by Crippen LogP contribution is 2.42. The van der Waals surface area contributed by atoms with Crippen LogP contribution < -0.4 is 9.47 Å². The number of H-pyrrole nitrogens is 1. The Morgan fingerprint density at radius 3 is 2.07 bits per heavy atom. The number of methoxy groups -OCH3 is 1. The summed E-state index contributed by atoms with van der Waals surface area (Å²) >= 11 is 0. The van der Waals surface area contributed by atoms with Crippen molar-refractivity contribution in [1.29, 1.82) is 0 Å². The van der Waals surface area contributed by atoms with Gasteiger partial charge in [0.2, 0.25) is 0 Å². The molecule has 0 saturated carbocycles. The number of aromatic amines is 1. The zero-order valence-corrected chi connectivity index (χ0v) is 13.0. The maximum Gasteiger partial charge on any atom is 0.454 e. The lowest BCUT2D eigenvalue weighted by Gasteiger charge is -2.12. The molecule has 0 aliphatic heterocycles. The fraction of sp³-hybridized carbons (Fsp3) is 0.357. The van der Waals surface area contributed by atoms with Crippen molar-refractivity contribution in [3.63, 3.8) is 0 Å². The van der Waals surface area contributed by atoms with Crippen LogP contribution >= 0.6 is 0 Å². The molecule has 150 valence electrons. The molecule has 1 aromatic heterocycles. The Bertz CT molecular complexity index is 862. The first-order chi connectivity index (χ1) is 12.1. The van der Waals surface area contributed by atoms with Gasteiger partial charge >= 0.3 is 18.5 Å². The van der Waals surface area contributed by atoms with E-state index in [1.165, 1.54) is 4.98 Å². The summed E-state index contributed by atoms with van der Waals surface area (Å²) in [5.41, 5.74) is -4.72. The molecule has 0 bridgehead atoms. The minimum Gasteiger partial charge on any atom is -0.497 e. The lowest BCUT2D eigenvalue weighted by atomic mass is 10.0. The third-order valence-electron chi connectivity index (χ3n) is 3.24. The third-order valence-corrected chi connectivity index (χ3v) is 3.24. The van der Waals surface area contributed by atoms with Gasteiger partial charge in [0, 0.05) is 11.5 Å². The molecule has 1 aromatic carbocycles. The quantitative estimate of drug-likeness (QED) is 0.579. The Morgan fingerprint density at radius 1 is 1.04 bits per heavy atom. The van der Waals surface area contributed by atoms with Gasteiger partial charge in [-0.15, -0.1) is 0 Å². The molecule has 0 amide bonds. The van der Waals surface area contributed by atoms with Crippen LogP contribution in [0.25, 0.3) is 10.9 Å². The van der Waals surface area contributed by atoms with Crippen LogP contribution in [0.4, 0.5) is 39.5 Å². The number of carbonyl (C=O) groups excluding carboxylic acids is 1. The Morgan fingerprint density at radius 2 is 1.63 bits per heavy atom. The zero-order valence-electron chi connectivity index (χ0n) is 13.0. The molecule has 2 rings (SSSR count). The number of rotatable bonds is 4. The number of hydrogen-bond acceptors (Lipinski definition) is 3. The first-order valence-corrected chi connectivity index (χ1v) is 6.77. The summed E-state index contributed by atoms with van der Waals surface area (Å²) in [6.07, 6.45) is -16.0. The van der Waals surface area contributed by atoms with Gasteiger partial charge in [-0.3, -0.25) is 4.79 Å².